The number of unbranched alkanes of at least 4 members (excludes halogenated alkanes) is 4. The molecule has 0 aromatic heterocycles. The number of amides is 1. The summed E-state index contributed by atoms with van der Waals surface area (Å²) in [5.74, 6) is -1.50. The van der Waals surface area contributed by atoms with Crippen molar-refractivity contribution in [3.63, 3.8) is 0 Å². The molecule has 0 aliphatic carbocycles. The molecule has 0 saturated heterocycles. The lowest BCUT2D eigenvalue weighted by atomic mass is 10.1. The van der Waals surface area contributed by atoms with Gasteiger partial charge in [0.25, 0.3) is 12.4 Å². The van der Waals surface area contributed by atoms with Crippen LogP contribution in [0.5, 0.6) is 11.5 Å². The van der Waals surface area contributed by atoms with E-state index >= 15 is 0 Å². The first-order valence-electron chi connectivity index (χ1n) is 8.36. The van der Waals surface area contributed by atoms with Crippen LogP contribution in [0.1, 0.15) is 55.8 Å². The van der Waals surface area contributed by atoms with E-state index in [1.165, 1.54) is 25.1 Å². The number of aliphatic carboxylic acids is 1. The van der Waals surface area contributed by atoms with Crippen molar-refractivity contribution in [2.45, 2.75) is 45.4 Å². The van der Waals surface area contributed by atoms with Crippen LogP contribution in [0.2, 0.25) is 0 Å². The van der Waals surface area contributed by atoms with E-state index in [1.54, 1.807) is 0 Å². The van der Waals surface area contributed by atoms with E-state index in [1.807, 2.05) is 0 Å². The number of hydrogen-bond donors (Lipinski definition) is 2. The van der Waals surface area contributed by atoms with Crippen molar-refractivity contribution < 1.29 is 33.8 Å². The summed E-state index contributed by atoms with van der Waals surface area (Å²) in [5.41, 5.74) is 0.210. The van der Waals surface area contributed by atoms with E-state index in [0.29, 0.717) is 13.0 Å². The molecular weight excluding hydrogens is 342 g/mol. The minimum Gasteiger partial charge on any atom is -0.481 e. The number of rotatable bonds is 12. The Morgan fingerprint density at radius 1 is 1.04 bits per heavy atom. The normalized spacial score (nSPS) is 10.0. The Morgan fingerprint density at radius 3 is 2.35 bits per heavy atom. The summed E-state index contributed by atoms with van der Waals surface area (Å²) in [6.45, 7) is 1.90. The standard InChI is InChI=1S/C18H23NO7/c1-13(21)26-16-10-14(9-15(11-16)25-12-20)18(24)19-8-6-4-2-3-5-7-17(22)23/h9-12H,2-8H2,1H3,(H,19,24)(H,22,23). The summed E-state index contributed by atoms with van der Waals surface area (Å²) in [7, 11) is 0. The fourth-order valence-electron chi connectivity index (χ4n) is 2.29. The molecule has 1 aromatic carbocycles. The SMILES string of the molecule is CC(=O)Oc1cc(OC=O)cc(C(=O)NCCCCCCCC(=O)O)c1. The third-order valence-electron chi connectivity index (χ3n) is 3.44. The summed E-state index contributed by atoms with van der Waals surface area (Å²) in [6.07, 6.45) is 4.23. The molecule has 1 rings (SSSR count). The largest absolute Gasteiger partial charge is 0.481 e. The Bertz CT molecular complexity index is 642. The first kappa shape index (κ1) is 21.1. The average molecular weight is 365 g/mol. The highest BCUT2D eigenvalue weighted by Crippen LogP contribution is 2.23. The third-order valence-corrected chi connectivity index (χ3v) is 3.44. The molecular formula is C18H23NO7. The molecule has 142 valence electrons. The van der Waals surface area contributed by atoms with E-state index < -0.39 is 11.9 Å². The Morgan fingerprint density at radius 2 is 1.69 bits per heavy atom. The lowest BCUT2D eigenvalue weighted by Crippen LogP contribution is -2.24. The van der Waals surface area contributed by atoms with Crippen molar-refractivity contribution in [2.24, 2.45) is 0 Å². The molecule has 0 bridgehead atoms. The van der Waals surface area contributed by atoms with E-state index in [9.17, 15) is 19.2 Å². The van der Waals surface area contributed by atoms with E-state index in [0.717, 1.165) is 25.7 Å². The number of benzene rings is 1. The van der Waals surface area contributed by atoms with Gasteiger partial charge in [0.05, 0.1) is 0 Å². The first-order chi connectivity index (χ1) is 12.4. The molecule has 0 unspecified atom stereocenters. The Kier molecular flexibility index (Phi) is 9.45. The zero-order chi connectivity index (χ0) is 19.4. The van der Waals surface area contributed by atoms with Gasteiger partial charge < -0.3 is 19.9 Å². The topological polar surface area (TPSA) is 119 Å². The Labute approximate surface area is 151 Å². The minimum absolute atomic E-state index is 0.0994. The molecule has 26 heavy (non-hydrogen) atoms. The van der Waals surface area contributed by atoms with Gasteiger partial charge in [-0.2, -0.15) is 0 Å². The molecule has 0 heterocycles. The van der Waals surface area contributed by atoms with Crippen LogP contribution in [0, 0.1) is 0 Å². The quantitative estimate of drug-likeness (QED) is 0.252. The zero-order valence-electron chi connectivity index (χ0n) is 14.7. The van der Waals surface area contributed by atoms with Gasteiger partial charge in [-0.05, 0) is 25.0 Å². The van der Waals surface area contributed by atoms with Gasteiger partial charge >= 0.3 is 11.9 Å². The van der Waals surface area contributed by atoms with Crippen molar-refractivity contribution >= 4 is 24.3 Å². The van der Waals surface area contributed by atoms with Gasteiger partial charge in [-0.3, -0.25) is 19.2 Å². The van der Waals surface area contributed by atoms with Gasteiger partial charge in [-0.1, -0.05) is 19.3 Å². The van der Waals surface area contributed by atoms with E-state index in [-0.39, 0.29) is 35.9 Å². The minimum atomic E-state index is -0.786. The van der Waals surface area contributed by atoms with Crippen LogP contribution in [0.4, 0.5) is 0 Å². The van der Waals surface area contributed by atoms with Crippen LogP contribution in [-0.4, -0.2) is 36.0 Å². The monoisotopic (exact) mass is 365 g/mol. The van der Waals surface area contributed by atoms with Crippen molar-refractivity contribution in [3.05, 3.63) is 23.8 Å². The lowest BCUT2D eigenvalue weighted by molar-refractivity contribution is -0.137. The smallest absolute Gasteiger partial charge is 0.308 e. The summed E-state index contributed by atoms with van der Waals surface area (Å²) < 4.78 is 9.66. The van der Waals surface area contributed by atoms with Crippen LogP contribution in [0.3, 0.4) is 0 Å². The van der Waals surface area contributed by atoms with Crippen molar-refractivity contribution in [2.75, 3.05) is 6.54 Å². The second-order valence-electron chi connectivity index (χ2n) is 5.67. The van der Waals surface area contributed by atoms with Crippen LogP contribution in [-0.2, 0) is 14.4 Å². The van der Waals surface area contributed by atoms with Gasteiger partial charge in [-0.15, -0.1) is 0 Å². The molecule has 1 aromatic rings. The highest BCUT2D eigenvalue weighted by Gasteiger charge is 2.11. The number of hydrogen-bond acceptors (Lipinski definition) is 6. The second-order valence-corrected chi connectivity index (χ2v) is 5.67. The molecule has 1 amide bonds. The molecule has 2 N–H and O–H groups in total. The average Bonchev–Trinajstić information content (AvgIpc) is 2.56. The summed E-state index contributed by atoms with van der Waals surface area (Å²) in [4.78, 5) is 44.1. The van der Waals surface area contributed by atoms with Gasteiger partial charge in [0.15, 0.2) is 0 Å². The van der Waals surface area contributed by atoms with Crippen molar-refractivity contribution in [3.8, 4) is 11.5 Å². The Hall–Kier alpha value is -2.90. The zero-order valence-corrected chi connectivity index (χ0v) is 14.7. The highest BCUT2D eigenvalue weighted by molar-refractivity contribution is 5.95. The van der Waals surface area contributed by atoms with Gasteiger partial charge in [0, 0.05) is 31.5 Å². The molecule has 0 fully saturated rings. The number of carbonyl (C=O) groups excluding carboxylic acids is 3. The number of carboxylic acid groups (broad SMARTS) is 1. The maximum absolute atomic E-state index is 12.2. The molecule has 0 aliphatic rings. The molecule has 8 nitrogen and oxygen atoms in total. The fourth-order valence-corrected chi connectivity index (χ4v) is 2.29. The number of ether oxygens (including phenoxy) is 2. The van der Waals surface area contributed by atoms with Gasteiger partial charge in [-0.25, -0.2) is 0 Å². The van der Waals surface area contributed by atoms with E-state index in [2.05, 4.69) is 5.32 Å². The van der Waals surface area contributed by atoms with Gasteiger partial charge in [0.1, 0.15) is 11.5 Å². The molecule has 0 atom stereocenters. The predicted molar refractivity (Wildman–Crippen MR) is 92.1 cm³/mol. The van der Waals surface area contributed by atoms with Crippen LogP contribution >= 0.6 is 0 Å². The van der Waals surface area contributed by atoms with E-state index in [4.69, 9.17) is 14.6 Å². The lowest BCUT2D eigenvalue weighted by Gasteiger charge is -2.09. The number of carboxylic acids is 1. The van der Waals surface area contributed by atoms with Gasteiger partial charge in [0.2, 0.25) is 0 Å². The van der Waals surface area contributed by atoms with Crippen LogP contribution < -0.4 is 14.8 Å². The fraction of sp³-hybridized carbons (Fsp3) is 0.444. The molecule has 0 radical (unpaired) electrons. The van der Waals surface area contributed by atoms with Crippen LogP contribution in [0.25, 0.3) is 0 Å². The maximum Gasteiger partial charge on any atom is 0.308 e. The summed E-state index contributed by atoms with van der Waals surface area (Å²) in [5, 5.41) is 11.3. The van der Waals surface area contributed by atoms with Crippen molar-refractivity contribution in [1.82, 2.24) is 5.32 Å². The molecule has 0 spiro atoms. The maximum atomic E-state index is 12.2. The second kappa shape index (κ2) is 11.6. The molecule has 0 aliphatic heterocycles. The first-order valence-corrected chi connectivity index (χ1v) is 8.36. The number of nitrogens with one attached hydrogen (secondary N) is 1. The number of esters is 1. The van der Waals surface area contributed by atoms with Crippen LogP contribution in [0.15, 0.2) is 18.2 Å². The van der Waals surface area contributed by atoms with Crippen molar-refractivity contribution in [1.29, 1.82) is 0 Å². The predicted octanol–water partition coefficient (Wildman–Crippen LogP) is 2.30. The highest BCUT2D eigenvalue weighted by atomic mass is 16.5. The summed E-state index contributed by atoms with van der Waals surface area (Å²) in [6, 6.07) is 4.10. The Balaban J connectivity index is 2.45. The summed E-state index contributed by atoms with van der Waals surface area (Å²) >= 11 is 0. The number of carbonyl (C=O) groups is 4. The molecule has 8 heteroatoms. The third kappa shape index (κ3) is 8.81. The molecule has 0 saturated carbocycles.